The van der Waals surface area contributed by atoms with Crippen molar-refractivity contribution in [3.8, 4) is 0 Å². The minimum Gasteiger partial charge on any atom is -0.481 e. The third-order valence-electron chi connectivity index (χ3n) is 1.58. The van der Waals surface area contributed by atoms with Crippen LogP contribution in [0.1, 0.15) is 12.8 Å². The standard InChI is InChI=1S/C6H8O7/c7-3(8)1-6(11,5(9)10)2-4-12-13-4/h4,11H,1-2H2,(H,7,8)(H,9,10)/t6-/m0/s1. The van der Waals surface area contributed by atoms with Crippen molar-refractivity contribution in [3.63, 3.8) is 0 Å². The summed E-state index contributed by atoms with van der Waals surface area (Å²) in [6.07, 6.45) is -2.10. The summed E-state index contributed by atoms with van der Waals surface area (Å²) in [7, 11) is 0. The molecule has 0 aliphatic carbocycles. The van der Waals surface area contributed by atoms with E-state index in [-0.39, 0.29) is 0 Å². The van der Waals surface area contributed by atoms with E-state index in [1.165, 1.54) is 0 Å². The molecule has 0 unspecified atom stereocenters. The maximum atomic E-state index is 10.5. The number of carboxylic acid groups (broad SMARTS) is 2. The maximum Gasteiger partial charge on any atom is 0.336 e. The van der Waals surface area contributed by atoms with Crippen LogP contribution in [0, 0.1) is 0 Å². The van der Waals surface area contributed by atoms with Gasteiger partial charge in [0.05, 0.1) is 6.42 Å². The van der Waals surface area contributed by atoms with Gasteiger partial charge in [-0.3, -0.25) is 4.79 Å². The molecule has 0 amide bonds. The average molecular weight is 192 g/mol. The topological polar surface area (TPSA) is 120 Å². The Bertz CT molecular complexity index is 233. The first-order valence-corrected chi connectivity index (χ1v) is 3.44. The maximum absolute atomic E-state index is 10.5. The summed E-state index contributed by atoms with van der Waals surface area (Å²) >= 11 is 0. The van der Waals surface area contributed by atoms with Crippen molar-refractivity contribution in [1.82, 2.24) is 0 Å². The first-order valence-electron chi connectivity index (χ1n) is 3.44. The predicted molar refractivity (Wildman–Crippen MR) is 35.4 cm³/mol. The van der Waals surface area contributed by atoms with Crippen LogP contribution in [-0.4, -0.2) is 39.1 Å². The zero-order valence-electron chi connectivity index (χ0n) is 6.47. The molecule has 1 heterocycles. The molecule has 0 aromatic rings. The molecule has 0 aromatic carbocycles. The number of rotatable bonds is 5. The summed E-state index contributed by atoms with van der Waals surface area (Å²) in [5, 5.41) is 26.2. The molecular formula is C6H8O7. The van der Waals surface area contributed by atoms with Gasteiger partial charge >= 0.3 is 11.9 Å². The minimum absolute atomic E-state index is 0.394. The van der Waals surface area contributed by atoms with Crippen LogP contribution in [0.4, 0.5) is 0 Å². The Morgan fingerprint density at radius 1 is 1.31 bits per heavy atom. The second-order valence-electron chi connectivity index (χ2n) is 2.73. The van der Waals surface area contributed by atoms with Crippen molar-refractivity contribution >= 4 is 11.9 Å². The van der Waals surface area contributed by atoms with Crippen molar-refractivity contribution in [2.45, 2.75) is 24.7 Å². The lowest BCUT2D eigenvalue weighted by atomic mass is 9.96. The monoisotopic (exact) mass is 192 g/mol. The lowest BCUT2D eigenvalue weighted by Crippen LogP contribution is -2.42. The van der Waals surface area contributed by atoms with E-state index in [4.69, 9.17) is 10.2 Å². The molecule has 74 valence electrons. The lowest BCUT2D eigenvalue weighted by Gasteiger charge is -2.18. The Balaban J connectivity index is 2.60. The van der Waals surface area contributed by atoms with E-state index < -0.39 is 36.7 Å². The van der Waals surface area contributed by atoms with Gasteiger partial charge in [0.25, 0.3) is 0 Å². The van der Waals surface area contributed by atoms with E-state index in [1.54, 1.807) is 0 Å². The van der Waals surface area contributed by atoms with Crippen LogP contribution >= 0.6 is 0 Å². The number of hydrogen-bond acceptors (Lipinski definition) is 5. The summed E-state index contributed by atoms with van der Waals surface area (Å²) in [5.41, 5.74) is -2.33. The Morgan fingerprint density at radius 2 is 1.85 bits per heavy atom. The first kappa shape index (κ1) is 9.90. The van der Waals surface area contributed by atoms with Crippen LogP contribution in [0.3, 0.4) is 0 Å². The molecule has 3 N–H and O–H groups in total. The average Bonchev–Trinajstić information content (AvgIpc) is 2.69. The molecule has 1 atom stereocenters. The highest BCUT2D eigenvalue weighted by atomic mass is 17.4. The molecule has 1 saturated heterocycles. The number of hydrogen-bond donors (Lipinski definition) is 3. The lowest BCUT2D eigenvalue weighted by molar-refractivity contribution is -0.166. The molecule has 0 spiro atoms. The van der Waals surface area contributed by atoms with Gasteiger partial charge in [-0.1, -0.05) is 0 Å². The van der Waals surface area contributed by atoms with Crippen LogP contribution in [0.2, 0.25) is 0 Å². The molecule has 0 aromatic heterocycles. The third kappa shape index (κ3) is 2.65. The minimum atomic E-state index is -2.33. The van der Waals surface area contributed by atoms with E-state index in [0.29, 0.717) is 0 Å². The number of carboxylic acids is 2. The smallest absolute Gasteiger partial charge is 0.336 e. The molecule has 7 nitrogen and oxygen atoms in total. The molecule has 7 heteroatoms. The third-order valence-corrected chi connectivity index (χ3v) is 1.58. The van der Waals surface area contributed by atoms with Gasteiger partial charge in [-0.15, -0.1) is 0 Å². The molecule has 0 bridgehead atoms. The van der Waals surface area contributed by atoms with E-state index in [2.05, 4.69) is 9.78 Å². The molecule has 1 rings (SSSR count). The Kier molecular flexibility index (Phi) is 2.50. The highest BCUT2D eigenvalue weighted by Gasteiger charge is 2.45. The molecule has 13 heavy (non-hydrogen) atoms. The van der Waals surface area contributed by atoms with Crippen molar-refractivity contribution < 1.29 is 34.7 Å². The Hall–Kier alpha value is -1.18. The van der Waals surface area contributed by atoms with Crippen molar-refractivity contribution in [3.05, 3.63) is 0 Å². The summed E-state index contributed by atoms with van der Waals surface area (Å²) in [4.78, 5) is 29.2. The molecule has 0 saturated carbocycles. The van der Waals surface area contributed by atoms with Gasteiger partial charge in [-0.05, 0) is 0 Å². The Morgan fingerprint density at radius 3 is 2.15 bits per heavy atom. The van der Waals surface area contributed by atoms with Gasteiger partial charge in [0.2, 0.25) is 6.29 Å². The fraction of sp³-hybridized carbons (Fsp3) is 0.667. The summed E-state index contributed by atoms with van der Waals surface area (Å²) in [6, 6.07) is 0. The number of carbonyl (C=O) groups is 2. The van der Waals surface area contributed by atoms with Crippen molar-refractivity contribution in [1.29, 1.82) is 0 Å². The van der Waals surface area contributed by atoms with E-state index >= 15 is 0 Å². The van der Waals surface area contributed by atoms with Crippen LogP contribution in [0.5, 0.6) is 0 Å². The molecule has 1 fully saturated rings. The quantitative estimate of drug-likeness (QED) is 0.375. The summed E-state index contributed by atoms with van der Waals surface area (Å²) in [5.74, 6) is -3.00. The second kappa shape index (κ2) is 3.29. The van der Waals surface area contributed by atoms with E-state index in [1.807, 2.05) is 0 Å². The Labute approximate surface area is 72.4 Å². The largest absolute Gasteiger partial charge is 0.481 e. The normalized spacial score (nSPS) is 20.7. The molecule has 1 aliphatic heterocycles. The summed E-state index contributed by atoms with van der Waals surface area (Å²) < 4.78 is 0. The van der Waals surface area contributed by atoms with Gasteiger partial charge in [0.1, 0.15) is 0 Å². The van der Waals surface area contributed by atoms with Crippen molar-refractivity contribution in [2.24, 2.45) is 0 Å². The summed E-state index contributed by atoms with van der Waals surface area (Å²) in [6.45, 7) is 0. The SMILES string of the molecule is O=C(O)C[C@](O)(CC1OO1)C(=O)O. The highest BCUT2D eigenvalue weighted by Crippen LogP contribution is 2.27. The molecular weight excluding hydrogens is 184 g/mol. The number of aliphatic hydroxyl groups is 1. The van der Waals surface area contributed by atoms with Crippen LogP contribution in [-0.2, 0) is 19.4 Å². The van der Waals surface area contributed by atoms with Crippen LogP contribution < -0.4 is 0 Å². The van der Waals surface area contributed by atoms with Crippen LogP contribution in [0.25, 0.3) is 0 Å². The number of aliphatic carboxylic acids is 2. The van der Waals surface area contributed by atoms with Crippen molar-refractivity contribution in [2.75, 3.05) is 0 Å². The fourth-order valence-electron chi connectivity index (χ4n) is 0.868. The van der Waals surface area contributed by atoms with E-state index in [0.717, 1.165) is 0 Å². The van der Waals surface area contributed by atoms with Gasteiger partial charge in [0, 0.05) is 6.42 Å². The second-order valence-corrected chi connectivity index (χ2v) is 2.73. The van der Waals surface area contributed by atoms with Gasteiger partial charge in [0.15, 0.2) is 5.60 Å². The first-order chi connectivity index (χ1) is 5.94. The zero-order valence-corrected chi connectivity index (χ0v) is 6.47. The van der Waals surface area contributed by atoms with Gasteiger partial charge < -0.3 is 15.3 Å². The predicted octanol–water partition coefficient (Wildman–Crippen LogP) is -1.05. The van der Waals surface area contributed by atoms with E-state index in [9.17, 15) is 14.7 Å². The zero-order chi connectivity index (χ0) is 10.1. The molecule has 1 aliphatic rings. The fourth-order valence-corrected chi connectivity index (χ4v) is 0.868. The van der Waals surface area contributed by atoms with Crippen LogP contribution in [0.15, 0.2) is 0 Å². The highest BCUT2D eigenvalue weighted by molar-refractivity contribution is 5.83. The van der Waals surface area contributed by atoms with Gasteiger partial charge in [-0.25, -0.2) is 4.79 Å². The molecule has 0 radical (unpaired) electrons. The van der Waals surface area contributed by atoms with Gasteiger partial charge in [-0.2, -0.15) is 9.78 Å².